The Kier molecular flexibility index (Phi) is 3.52. The van der Waals surface area contributed by atoms with Crippen LogP contribution in [0.3, 0.4) is 0 Å². The van der Waals surface area contributed by atoms with E-state index in [1.807, 2.05) is 4.90 Å². The minimum absolute atomic E-state index is 0.00103. The smallest absolute Gasteiger partial charge is 0.225 e. The predicted molar refractivity (Wildman–Crippen MR) is 60.5 cm³/mol. The summed E-state index contributed by atoms with van der Waals surface area (Å²) < 4.78 is 5.20. The number of hydrogen-bond donors (Lipinski definition) is 0. The van der Waals surface area contributed by atoms with Gasteiger partial charge < -0.3 is 9.64 Å². The van der Waals surface area contributed by atoms with Crippen LogP contribution in [0, 0.1) is 4.91 Å². The lowest BCUT2D eigenvalue weighted by molar-refractivity contribution is 0.122. The van der Waals surface area contributed by atoms with Gasteiger partial charge in [0.1, 0.15) is 0 Å². The third-order valence-corrected chi connectivity index (χ3v) is 2.63. The van der Waals surface area contributed by atoms with Gasteiger partial charge in [0.25, 0.3) is 0 Å². The van der Waals surface area contributed by atoms with Crippen molar-refractivity contribution in [1.82, 2.24) is 9.97 Å². The molecule has 0 aromatic carbocycles. The van der Waals surface area contributed by atoms with Crippen molar-refractivity contribution in [3.63, 3.8) is 0 Å². The largest absolute Gasteiger partial charge is 0.378 e. The fourth-order valence-electron chi connectivity index (χ4n) is 1.47. The molecule has 6 nitrogen and oxygen atoms in total. The highest BCUT2D eigenvalue weighted by molar-refractivity contribution is 6.34. The second kappa shape index (κ2) is 4.90. The van der Waals surface area contributed by atoms with E-state index in [1.54, 1.807) is 0 Å². The second-order valence-electron chi connectivity index (χ2n) is 3.15. The SMILES string of the molecule is O=Nc1c(Cl)nc(Cl)nc1N1CCOCC1. The van der Waals surface area contributed by atoms with Crippen molar-refractivity contribution in [3.05, 3.63) is 15.3 Å². The highest BCUT2D eigenvalue weighted by Crippen LogP contribution is 2.33. The maximum Gasteiger partial charge on any atom is 0.225 e. The molecule has 2 rings (SSSR count). The molecule has 0 bridgehead atoms. The molecular formula is C8H8Cl2N4O2. The molecule has 1 saturated heterocycles. The van der Waals surface area contributed by atoms with E-state index in [0.717, 1.165) is 0 Å². The number of ether oxygens (including phenoxy) is 1. The van der Waals surface area contributed by atoms with Crippen LogP contribution in [0.2, 0.25) is 10.4 Å². The molecule has 0 unspecified atom stereocenters. The number of hydrogen-bond acceptors (Lipinski definition) is 6. The van der Waals surface area contributed by atoms with E-state index in [4.69, 9.17) is 27.9 Å². The van der Waals surface area contributed by atoms with Crippen molar-refractivity contribution in [2.24, 2.45) is 5.18 Å². The van der Waals surface area contributed by atoms with Crippen LogP contribution >= 0.6 is 23.2 Å². The lowest BCUT2D eigenvalue weighted by Crippen LogP contribution is -2.36. The van der Waals surface area contributed by atoms with Crippen LogP contribution in [0.5, 0.6) is 0 Å². The van der Waals surface area contributed by atoms with Gasteiger partial charge in [-0.05, 0) is 16.8 Å². The summed E-state index contributed by atoms with van der Waals surface area (Å²) in [4.78, 5) is 20.2. The van der Waals surface area contributed by atoms with E-state index < -0.39 is 0 Å². The van der Waals surface area contributed by atoms with Gasteiger partial charge >= 0.3 is 0 Å². The fraction of sp³-hybridized carbons (Fsp3) is 0.500. The summed E-state index contributed by atoms with van der Waals surface area (Å²) in [6, 6.07) is 0. The molecule has 2 heterocycles. The first kappa shape index (κ1) is 11.5. The molecule has 1 aromatic rings. The first-order valence-corrected chi connectivity index (χ1v) is 5.37. The molecule has 0 saturated carbocycles. The van der Waals surface area contributed by atoms with Crippen LogP contribution in [-0.4, -0.2) is 36.3 Å². The van der Waals surface area contributed by atoms with Gasteiger partial charge in [-0.25, -0.2) is 4.98 Å². The van der Waals surface area contributed by atoms with Crippen LogP contribution in [0.4, 0.5) is 11.5 Å². The molecule has 1 fully saturated rings. The molecule has 16 heavy (non-hydrogen) atoms. The first-order valence-electron chi connectivity index (χ1n) is 4.61. The van der Waals surface area contributed by atoms with E-state index in [2.05, 4.69) is 15.1 Å². The van der Waals surface area contributed by atoms with Crippen molar-refractivity contribution in [1.29, 1.82) is 0 Å². The minimum atomic E-state index is -0.0310. The number of aromatic nitrogens is 2. The Morgan fingerprint density at radius 2 is 1.94 bits per heavy atom. The van der Waals surface area contributed by atoms with E-state index in [0.29, 0.717) is 32.1 Å². The van der Waals surface area contributed by atoms with Crippen molar-refractivity contribution in [2.45, 2.75) is 0 Å². The van der Waals surface area contributed by atoms with Crippen molar-refractivity contribution in [3.8, 4) is 0 Å². The van der Waals surface area contributed by atoms with E-state index >= 15 is 0 Å². The number of anilines is 1. The molecule has 0 atom stereocenters. The Balaban J connectivity index is 2.40. The summed E-state index contributed by atoms with van der Waals surface area (Å²) in [7, 11) is 0. The maximum absolute atomic E-state index is 10.7. The second-order valence-corrected chi connectivity index (χ2v) is 3.84. The van der Waals surface area contributed by atoms with Crippen LogP contribution in [-0.2, 0) is 4.74 Å². The summed E-state index contributed by atoms with van der Waals surface area (Å²) in [5, 5.41) is 2.81. The average Bonchev–Trinajstić information content (AvgIpc) is 2.29. The Morgan fingerprint density at radius 1 is 1.25 bits per heavy atom. The zero-order chi connectivity index (χ0) is 11.5. The highest BCUT2D eigenvalue weighted by atomic mass is 35.5. The van der Waals surface area contributed by atoms with Gasteiger partial charge in [-0.1, -0.05) is 11.6 Å². The normalized spacial score (nSPS) is 16.2. The molecule has 0 spiro atoms. The average molecular weight is 263 g/mol. The van der Waals surface area contributed by atoms with Gasteiger partial charge in [0.05, 0.1) is 13.2 Å². The van der Waals surface area contributed by atoms with Gasteiger partial charge in [-0.15, -0.1) is 4.91 Å². The monoisotopic (exact) mass is 262 g/mol. The molecule has 8 heteroatoms. The maximum atomic E-state index is 10.7. The molecule has 1 aromatic heterocycles. The summed E-state index contributed by atoms with van der Waals surface area (Å²) in [6.07, 6.45) is 0. The molecule has 0 aliphatic carbocycles. The molecule has 0 radical (unpaired) electrons. The molecule has 0 amide bonds. The zero-order valence-corrected chi connectivity index (χ0v) is 9.70. The number of nitrogens with zero attached hydrogens (tertiary/aromatic N) is 4. The van der Waals surface area contributed by atoms with E-state index in [1.165, 1.54) is 0 Å². The van der Waals surface area contributed by atoms with Gasteiger partial charge in [0.15, 0.2) is 16.7 Å². The summed E-state index contributed by atoms with van der Waals surface area (Å²) in [6.45, 7) is 2.37. The van der Waals surface area contributed by atoms with Crippen LogP contribution in [0.25, 0.3) is 0 Å². The topological polar surface area (TPSA) is 67.7 Å². The highest BCUT2D eigenvalue weighted by Gasteiger charge is 2.21. The van der Waals surface area contributed by atoms with Crippen molar-refractivity contribution < 1.29 is 4.74 Å². The molecule has 1 aliphatic rings. The Bertz CT molecular complexity index is 409. The number of halogens is 2. The molecule has 86 valence electrons. The first-order chi connectivity index (χ1) is 7.72. The van der Waals surface area contributed by atoms with Crippen LogP contribution in [0.15, 0.2) is 5.18 Å². The number of nitroso groups, excluding NO2 is 1. The van der Waals surface area contributed by atoms with Gasteiger partial charge in [0.2, 0.25) is 5.28 Å². The predicted octanol–water partition coefficient (Wildman–Crippen LogP) is 2.02. The van der Waals surface area contributed by atoms with E-state index in [-0.39, 0.29) is 16.1 Å². The summed E-state index contributed by atoms with van der Waals surface area (Å²) >= 11 is 11.5. The molecule has 0 N–H and O–H groups in total. The Hall–Kier alpha value is -0.980. The number of rotatable bonds is 2. The van der Waals surface area contributed by atoms with Gasteiger partial charge in [-0.2, -0.15) is 4.98 Å². The van der Waals surface area contributed by atoms with Gasteiger partial charge in [-0.3, -0.25) is 0 Å². The summed E-state index contributed by atoms with van der Waals surface area (Å²) in [5.74, 6) is 0.364. The molecular weight excluding hydrogens is 255 g/mol. The van der Waals surface area contributed by atoms with Crippen LogP contribution in [0.1, 0.15) is 0 Å². The minimum Gasteiger partial charge on any atom is -0.378 e. The lowest BCUT2D eigenvalue weighted by atomic mass is 10.3. The Labute approximate surface area is 101 Å². The fourth-order valence-corrected chi connectivity index (χ4v) is 1.87. The third-order valence-electron chi connectivity index (χ3n) is 2.20. The van der Waals surface area contributed by atoms with Gasteiger partial charge in [0, 0.05) is 13.1 Å². The molecule has 1 aliphatic heterocycles. The standard InChI is InChI=1S/C8H8Cl2N4O2/c9-6-5(13-15)7(12-8(10)11-6)14-1-3-16-4-2-14/h1-4H2. The van der Waals surface area contributed by atoms with E-state index in [9.17, 15) is 4.91 Å². The quantitative estimate of drug-likeness (QED) is 0.464. The number of morpholine rings is 1. The lowest BCUT2D eigenvalue weighted by Gasteiger charge is -2.28. The third kappa shape index (κ3) is 2.23. The zero-order valence-electron chi connectivity index (χ0n) is 8.19. The van der Waals surface area contributed by atoms with Crippen molar-refractivity contribution in [2.75, 3.05) is 31.2 Å². The Morgan fingerprint density at radius 3 is 2.56 bits per heavy atom. The van der Waals surface area contributed by atoms with Crippen molar-refractivity contribution >= 4 is 34.7 Å². The summed E-state index contributed by atoms with van der Waals surface area (Å²) in [5.41, 5.74) is 0.0213. The van der Waals surface area contributed by atoms with Crippen LogP contribution < -0.4 is 4.90 Å².